The molecule has 2 aromatic heterocycles. The van der Waals surface area contributed by atoms with Gasteiger partial charge in [-0.15, -0.1) is 0 Å². The van der Waals surface area contributed by atoms with E-state index in [0.717, 1.165) is 36.0 Å². The number of hydrogen-bond donors (Lipinski definition) is 0. The third-order valence-electron chi connectivity index (χ3n) is 4.25. The molecule has 1 aliphatic heterocycles. The second-order valence-corrected chi connectivity index (χ2v) is 5.56. The zero-order chi connectivity index (χ0) is 13.9. The Morgan fingerprint density at radius 1 is 1.30 bits per heavy atom. The van der Waals surface area contributed by atoms with Crippen LogP contribution in [0.5, 0.6) is 0 Å². The summed E-state index contributed by atoms with van der Waals surface area (Å²) in [5.41, 5.74) is 4.33. The summed E-state index contributed by atoms with van der Waals surface area (Å²) in [5.74, 6) is 0.0867. The van der Waals surface area contributed by atoms with E-state index in [4.69, 9.17) is 4.42 Å². The van der Waals surface area contributed by atoms with Gasteiger partial charge in [0.1, 0.15) is 5.58 Å². The van der Waals surface area contributed by atoms with Crippen molar-refractivity contribution in [2.45, 2.75) is 19.9 Å². The first-order valence-corrected chi connectivity index (χ1v) is 6.88. The molecule has 0 saturated heterocycles. The molecule has 1 aromatic carbocycles. The predicted molar refractivity (Wildman–Crippen MR) is 78.0 cm³/mol. The van der Waals surface area contributed by atoms with Crippen molar-refractivity contribution in [3.8, 4) is 0 Å². The van der Waals surface area contributed by atoms with Crippen LogP contribution in [0.2, 0.25) is 0 Å². The third-order valence-corrected chi connectivity index (χ3v) is 4.25. The van der Waals surface area contributed by atoms with Gasteiger partial charge in [0.2, 0.25) is 5.91 Å². The van der Waals surface area contributed by atoms with E-state index < -0.39 is 0 Å². The Morgan fingerprint density at radius 3 is 2.95 bits per heavy atom. The zero-order valence-corrected chi connectivity index (χ0v) is 11.6. The van der Waals surface area contributed by atoms with Crippen LogP contribution in [0.1, 0.15) is 23.0 Å². The lowest BCUT2D eigenvalue weighted by Gasteiger charge is -2.23. The summed E-state index contributed by atoms with van der Waals surface area (Å²) in [6.45, 7) is 3.51. The van der Waals surface area contributed by atoms with E-state index >= 15 is 0 Å². The molecule has 3 heterocycles. The fourth-order valence-corrected chi connectivity index (χ4v) is 3.40. The number of aromatic nitrogens is 1. The molecular weight excluding hydrogens is 252 g/mol. The normalized spacial score (nSPS) is 15.9. The number of fused-ring (bicyclic) bond motifs is 5. The summed E-state index contributed by atoms with van der Waals surface area (Å²) in [5, 5.41) is 2.28. The van der Waals surface area contributed by atoms with Crippen LogP contribution in [0.3, 0.4) is 0 Å². The van der Waals surface area contributed by atoms with E-state index in [1.54, 1.807) is 13.2 Å². The highest BCUT2D eigenvalue weighted by atomic mass is 16.3. The predicted octanol–water partition coefficient (Wildman–Crippen LogP) is 3.04. The Balaban J connectivity index is 2.20. The number of benzene rings is 1. The number of rotatable bonds is 0. The molecule has 0 fully saturated rings. The molecule has 0 amide bonds. The van der Waals surface area contributed by atoms with Gasteiger partial charge >= 0.3 is 0 Å². The van der Waals surface area contributed by atoms with Gasteiger partial charge in [-0.3, -0.25) is 9.36 Å². The summed E-state index contributed by atoms with van der Waals surface area (Å²) in [7, 11) is 2.12. The second kappa shape index (κ2) is 3.96. The van der Waals surface area contributed by atoms with Crippen LogP contribution in [0.4, 0.5) is 0 Å². The smallest absolute Gasteiger partial charge is 0.228 e. The summed E-state index contributed by atoms with van der Waals surface area (Å²) in [6.07, 6.45) is 2.63. The lowest BCUT2D eigenvalue weighted by Crippen LogP contribution is -2.28. The fourth-order valence-electron chi connectivity index (χ4n) is 3.40. The molecule has 0 radical (unpaired) electrons. The van der Waals surface area contributed by atoms with Gasteiger partial charge in [0, 0.05) is 42.9 Å². The van der Waals surface area contributed by atoms with Crippen molar-refractivity contribution in [1.29, 1.82) is 0 Å². The van der Waals surface area contributed by atoms with Gasteiger partial charge in [0.25, 0.3) is 0 Å². The largest absolute Gasteiger partial charge is 0.464 e. The third kappa shape index (κ3) is 1.42. The molecular formula is C16H16N2O2. The first kappa shape index (κ1) is 11.7. The Morgan fingerprint density at radius 2 is 2.15 bits per heavy atom. The van der Waals surface area contributed by atoms with Crippen LogP contribution in [0.15, 0.2) is 28.9 Å². The molecule has 0 aliphatic carbocycles. The molecule has 4 rings (SSSR count). The molecule has 0 atom stereocenters. The maximum atomic E-state index is 12.1. The second-order valence-electron chi connectivity index (χ2n) is 5.56. The Kier molecular flexibility index (Phi) is 2.32. The number of hydrogen-bond acceptors (Lipinski definition) is 3. The van der Waals surface area contributed by atoms with Crippen molar-refractivity contribution in [3.05, 3.63) is 35.7 Å². The first-order chi connectivity index (χ1) is 9.66. The Hall–Kier alpha value is -2.07. The molecule has 4 nitrogen and oxygen atoms in total. The van der Waals surface area contributed by atoms with E-state index in [9.17, 15) is 4.79 Å². The highest BCUT2D eigenvalue weighted by Gasteiger charge is 2.25. The lowest BCUT2D eigenvalue weighted by atomic mass is 10.0. The van der Waals surface area contributed by atoms with Gasteiger partial charge in [0.05, 0.1) is 11.8 Å². The Labute approximate surface area is 116 Å². The van der Waals surface area contributed by atoms with Gasteiger partial charge in [-0.25, -0.2) is 0 Å². The SMILES string of the molecule is CC(=O)n1c2c(c3c4ccoc4ccc31)CN(C)CC2. The van der Waals surface area contributed by atoms with E-state index in [1.165, 1.54) is 16.6 Å². The maximum absolute atomic E-state index is 12.1. The molecule has 3 aromatic rings. The number of carbonyl (C=O) groups excluding carboxylic acids is 1. The van der Waals surface area contributed by atoms with E-state index in [2.05, 4.69) is 11.9 Å². The van der Waals surface area contributed by atoms with E-state index in [1.807, 2.05) is 22.8 Å². The number of likely N-dealkylation sites (N-methyl/N-ethyl adjacent to an activating group) is 1. The molecule has 0 N–H and O–H groups in total. The number of carbonyl (C=O) groups is 1. The van der Waals surface area contributed by atoms with Crippen LogP contribution in [0.25, 0.3) is 21.9 Å². The summed E-state index contributed by atoms with van der Waals surface area (Å²) in [4.78, 5) is 14.4. The topological polar surface area (TPSA) is 38.4 Å². The molecule has 0 saturated carbocycles. The highest BCUT2D eigenvalue weighted by molar-refractivity contribution is 6.10. The molecule has 0 unspecified atom stereocenters. The average Bonchev–Trinajstić information content (AvgIpc) is 2.98. The molecule has 102 valence electrons. The van der Waals surface area contributed by atoms with Crippen molar-refractivity contribution in [2.75, 3.05) is 13.6 Å². The quantitative estimate of drug-likeness (QED) is 0.629. The minimum absolute atomic E-state index is 0.0867. The van der Waals surface area contributed by atoms with Crippen LogP contribution in [-0.4, -0.2) is 29.0 Å². The van der Waals surface area contributed by atoms with Crippen LogP contribution in [0, 0.1) is 0 Å². The van der Waals surface area contributed by atoms with Crippen LogP contribution < -0.4 is 0 Å². The zero-order valence-electron chi connectivity index (χ0n) is 11.6. The monoisotopic (exact) mass is 268 g/mol. The van der Waals surface area contributed by atoms with Crippen LogP contribution in [-0.2, 0) is 13.0 Å². The molecule has 1 aliphatic rings. The number of nitrogens with zero attached hydrogens (tertiary/aromatic N) is 2. The van der Waals surface area contributed by atoms with Crippen LogP contribution >= 0.6 is 0 Å². The van der Waals surface area contributed by atoms with Crippen molar-refractivity contribution < 1.29 is 9.21 Å². The minimum atomic E-state index is 0.0867. The summed E-state index contributed by atoms with van der Waals surface area (Å²) >= 11 is 0. The Bertz CT molecular complexity index is 841. The molecule has 0 bridgehead atoms. The van der Waals surface area contributed by atoms with Crippen molar-refractivity contribution in [2.24, 2.45) is 0 Å². The van der Waals surface area contributed by atoms with Crippen molar-refractivity contribution >= 4 is 27.8 Å². The average molecular weight is 268 g/mol. The van der Waals surface area contributed by atoms with Crippen molar-refractivity contribution in [3.63, 3.8) is 0 Å². The van der Waals surface area contributed by atoms with Gasteiger partial charge in [0.15, 0.2) is 0 Å². The van der Waals surface area contributed by atoms with Gasteiger partial charge in [-0.2, -0.15) is 0 Å². The fraction of sp³-hybridized carbons (Fsp3) is 0.312. The minimum Gasteiger partial charge on any atom is -0.464 e. The maximum Gasteiger partial charge on any atom is 0.228 e. The summed E-state index contributed by atoms with van der Waals surface area (Å²) in [6, 6.07) is 5.95. The number of furan rings is 1. The lowest BCUT2D eigenvalue weighted by molar-refractivity contribution is 0.0937. The first-order valence-electron chi connectivity index (χ1n) is 6.88. The molecule has 0 spiro atoms. The highest BCUT2D eigenvalue weighted by Crippen LogP contribution is 2.36. The van der Waals surface area contributed by atoms with Gasteiger partial charge < -0.3 is 9.32 Å². The van der Waals surface area contributed by atoms with E-state index in [0.29, 0.717) is 0 Å². The standard InChI is InChI=1S/C16H16N2O2/c1-10(19)18-13-5-7-17(2)9-12(13)16-11-6-8-20-15(11)4-3-14(16)18/h3-4,6,8H,5,7,9H2,1-2H3. The van der Waals surface area contributed by atoms with Crippen molar-refractivity contribution in [1.82, 2.24) is 9.47 Å². The van der Waals surface area contributed by atoms with Gasteiger partial charge in [-0.05, 0) is 30.8 Å². The molecule has 20 heavy (non-hydrogen) atoms. The van der Waals surface area contributed by atoms with E-state index in [-0.39, 0.29) is 5.91 Å². The summed E-state index contributed by atoms with van der Waals surface area (Å²) < 4.78 is 7.38. The molecule has 4 heteroatoms. The van der Waals surface area contributed by atoms with Gasteiger partial charge in [-0.1, -0.05) is 0 Å².